The van der Waals surface area contributed by atoms with Gasteiger partial charge in [0.2, 0.25) is 10.0 Å². The van der Waals surface area contributed by atoms with E-state index in [9.17, 15) is 13.2 Å². The van der Waals surface area contributed by atoms with Gasteiger partial charge in [-0.2, -0.15) is 4.31 Å². The fraction of sp³-hybridized carbons (Fsp3) is 0.500. The molecule has 1 amide bonds. The van der Waals surface area contributed by atoms with Gasteiger partial charge in [0.1, 0.15) is 15.5 Å². The van der Waals surface area contributed by atoms with E-state index in [1.165, 1.54) is 15.6 Å². The zero-order chi connectivity index (χ0) is 21.8. The van der Waals surface area contributed by atoms with E-state index in [1.807, 2.05) is 24.3 Å². The molecule has 2 aliphatic heterocycles. The lowest BCUT2D eigenvalue weighted by Gasteiger charge is -2.26. The molecular formula is C22H29N3O4S2. The van der Waals surface area contributed by atoms with Crippen molar-refractivity contribution in [2.24, 2.45) is 0 Å². The Bertz CT molecular complexity index is 998. The summed E-state index contributed by atoms with van der Waals surface area (Å²) in [4.78, 5) is 17.9. The van der Waals surface area contributed by atoms with Crippen molar-refractivity contribution < 1.29 is 17.9 Å². The first-order valence-electron chi connectivity index (χ1n) is 10.8. The highest BCUT2D eigenvalue weighted by Gasteiger charge is 2.33. The van der Waals surface area contributed by atoms with Crippen LogP contribution in [0.4, 0.5) is 5.69 Å². The quantitative estimate of drug-likeness (QED) is 0.681. The number of sulfonamides is 1. The minimum absolute atomic E-state index is 0.167. The number of amides is 1. The van der Waals surface area contributed by atoms with Gasteiger partial charge in [-0.25, -0.2) is 8.42 Å². The number of piperidine rings is 1. The molecule has 0 aliphatic carbocycles. The smallest absolute Gasteiger partial charge is 0.265 e. The number of ether oxygens (including phenoxy) is 1. The van der Waals surface area contributed by atoms with Crippen LogP contribution in [0.25, 0.3) is 0 Å². The van der Waals surface area contributed by atoms with Crippen LogP contribution < -0.4 is 9.64 Å². The monoisotopic (exact) mass is 463 g/mol. The van der Waals surface area contributed by atoms with E-state index < -0.39 is 10.0 Å². The molecule has 1 aromatic carbocycles. The normalized spacial score (nSPS) is 18.6. The Morgan fingerprint density at radius 3 is 2.35 bits per heavy atom. The lowest BCUT2D eigenvalue weighted by molar-refractivity contribution is 0.0768. The van der Waals surface area contributed by atoms with Crippen molar-refractivity contribution in [3.63, 3.8) is 0 Å². The van der Waals surface area contributed by atoms with Gasteiger partial charge >= 0.3 is 0 Å². The zero-order valence-electron chi connectivity index (χ0n) is 17.8. The van der Waals surface area contributed by atoms with Crippen molar-refractivity contribution in [2.45, 2.75) is 30.6 Å². The number of nitrogens with zero attached hydrogens (tertiary/aromatic N) is 3. The molecule has 0 spiro atoms. The molecule has 2 saturated heterocycles. The van der Waals surface area contributed by atoms with E-state index in [1.54, 1.807) is 23.5 Å². The number of anilines is 1. The van der Waals surface area contributed by atoms with Crippen molar-refractivity contribution in [2.75, 3.05) is 51.3 Å². The Balaban J connectivity index is 1.47. The molecule has 9 heteroatoms. The van der Waals surface area contributed by atoms with Gasteiger partial charge in [-0.1, -0.05) is 6.42 Å². The van der Waals surface area contributed by atoms with Crippen molar-refractivity contribution >= 4 is 33.0 Å². The summed E-state index contributed by atoms with van der Waals surface area (Å²) in [5.74, 6) is 0.637. The number of hydrogen-bond donors (Lipinski definition) is 0. The van der Waals surface area contributed by atoms with E-state index >= 15 is 0 Å². The van der Waals surface area contributed by atoms with Gasteiger partial charge in [-0.3, -0.25) is 4.79 Å². The number of hydrogen-bond acceptors (Lipinski definition) is 6. The fourth-order valence-electron chi connectivity index (χ4n) is 4.22. The first-order valence-corrected chi connectivity index (χ1v) is 13.1. The van der Waals surface area contributed by atoms with Crippen LogP contribution in [-0.2, 0) is 10.0 Å². The van der Waals surface area contributed by atoms with Gasteiger partial charge in [-0.05, 0) is 55.0 Å². The van der Waals surface area contributed by atoms with Crippen LogP contribution in [0.3, 0.4) is 0 Å². The van der Waals surface area contributed by atoms with Crippen LogP contribution in [0, 0.1) is 0 Å². The van der Waals surface area contributed by atoms with E-state index in [0.29, 0.717) is 37.6 Å². The molecule has 0 bridgehead atoms. The van der Waals surface area contributed by atoms with Crippen LogP contribution in [0.15, 0.2) is 40.6 Å². The van der Waals surface area contributed by atoms with Gasteiger partial charge in [0.05, 0.1) is 7.11 Å². The topological polar surface area (TPSA) is 70.2 Å². The first-order chi connectivity index (χ1) is 15.0. The summed E-state index contributed by atoms with van der Waals surface area (Å²) in [5.41, 5.74) is 1.10. The lowest BCUT2D eigenvalue weighted by atomic mass is 10.2. The van der Waals surface area contributed by atoms with Crippen LogP contribution in [-0.4, -0.2) is 69.9 Å². The number of thiophene rings is 1. The molecule has 1 aromatic heterocycles. The maximum Gasteiger partial charge on any atom is 0.265 e. The van der Waals surface area contributed by atoms with Crippen LogP contribution in [0.5, 0.6) is 5.75 Å². The molecule has 0 atom stereocenters. The van der Waals surface area contributed by atoms with E-state index in [2.05, 4.69) is 4.90 Å². The predicted octanol–water partition coefficient (Wildman–Crippen LogP) is 3.28. The third-order valence-electron chi connectivity index (χ3n) is 5.98. The maximum atomic E-state index is 13.3. The minimum atomic E-state index is -3.63. The first kappa shape index (κ1) is 22.1. The van der Waals surface area contributed by atoms with Gasteiger partial charge in [-0.15, -0.1) is 11.3 Å². The molecule has 0 N–H and O–H groups in total. The summed E-state index contributed by atoms with van der Waals surface area (Å²) in [6.07, 6.45) is 3.64. The molecule has 7 nitrogen and oxygen atoms in total. The average Bonchev–Trinajstić information content (AvgIpc) is 3.18. The number of carbonyl (C=O) groups is 1. The van der Waals surface area contributed by atoms with Crippen LogP contribution in [0.1, 0.15) is 35.4 Å². The highest BCUT2D eigenvalue weighted by molar-refractivity contribution is 7.89. The molecule has 4 rings (SSSR count). The molecule has 2 aromatic rings. The van der Waals surface area contributed by atoms with Gasteiger partial charge < -0.3 is 14.5 Å². The number of rotatable bonds is 5. The highest BCUT2D eigenvalue weighted by Crippen LogP contribution is 2.29. The summed E-state index contributed by atoms with van der Waals surface area (Å²) in [6.45, 7) is 3.80. The van der Waals surface area contributed by atoms with Crippen molar-refractivity contribution in [3.8, 4) is 5.75 Å². The van der Waals surface area contributed by atoms with E-state index in [-0.39, 0.29) is 10.8 Å². The standard InChI is InChI=1S/C22H29N3O4S2/c1-29-19-8-6-18(7-9-19)23-11-5-12-24(16-15-23)22(26)21-20(10-17-30-21)31(27,28)25-13-3-2-4-14-25/h6-10,17H,2-5,11-16H2,1H3. The third-order valence-corrected chi connectivity index (χ3v) is 8.95. The average molecular weight is 464 g/mol. The molecule has 2 fully saturated rings. The number of carbonyl (C=O) groups excluding carboxylic acids is 1. The molecule has 0 radical (unpaired) electrons. The largest absolute Gasteiger partial charge is 0.497 e. The molecule has 2 aliphatic rings. The lowest BCUT2D eigenvalue weighted by Crippen LogP contribution is -2.38. The second kappa shape index (κ2) is 9.58. The van der Waals surface area contributed by atoms with Gasteiger partial charge in [0, 0.05) is 45.0 Å². The summed E-state index contributed by atoms with van der Waals surface area (Å²) in [7, 11) is -1.98. The molecule has 0 unspecified atom stereocenters. The van der Waals surface area contributed by atoms with Crippen LogP contribution >= 0.6 is 11.3 Å². The summed E-state index contributed by atoms with van der Waals surface area (Å²) in [6, 6.07) is 9.51. The highest BCUT2D eigenvalue weighted by atomic mass is 32.2. The molecule has 3 heterocycles. The number of methoxy groups -OCH3 is 1. The Morgan fingerprint density at radius 2 is 1.65 bits per heavy atom. The summed E-state index contributed by atoms with van der Waals surface area (Å²) in [5, 5.41) is 1.71. The van der Waals surface area contributed by atoms with Crippen LogP contribution in [0.2, 0.25) is 0 Å². The maximum absolute atomic E-state index is 13.3. The molecule has 168 valence electrons. The summed E-state index contributed by atoms with van der Waals surface area (Å²) < 4.78 is 33.1. The second-order valence-corrected chi connectivity index (χ2v) is 10.7. The number of benzene rings is 1. The Morgan fingerprint density at radius 1 is 0.903 bits per heavy atom. The van der Waals surface area contributed by atoms with Crippen molar-refractivity contribution in [1.29, 1.82) is 0 Å². The molecule has 31 heavy (non-hydrogen) atoms. The van der Waals surface area contributed by atoms with E-state index in [0.717, 1.165) is 43.7 Å². The van der Waals surface area contributed by atoms with Gasteiger partial charge in [0.15, 0.2) is 0 Å². The van der Waals surface area contributed by atoms with Gasteiger partial charge in [0.25, 0.3) is 5.91 Å². The second-order valence-electron chi connectivity index (χ2n) is 7.91. The Hall–Kier alpha value is -2.10. The predicted molar refractivity (Wildman–Crippen MR) is 123 cm³/mol. The third kappa shape index (κ3) is 4.73. The Kier molecular flexibility index (Phi) is 6.83. The van der Waals surface area contributed by atoms with E-state index in [4.69, 9.17) is 4.74 Å². The summed E-state index contributed by atoms with van der Waals surface area (Å²) >= 11 is 1.23. The van der Waals surface area contributed by atoms with Crippen molar-refractivity contribution in [3.05, 3.63) is 40.6 Å². The fourth-order valence-corrected chi connectivity index (χ4v) is 7.10. The zero-order valence-corrected chi connectivity index (χ0v) is 19.5. The van der Waals surface area contributed by atoms with Crippen molar-refractivity contribution in [1.82, 2.24) is 9.21 Å². The minimum Gasteiger partial charge on any atom is -0.497 e. The molecular weight excluding hydrogens is 434 g/mol. The SMILES string of the molecule is COc1ccc(N2CCCN(C(=O)c3sccc3S(=O)(=O)N3CCCCC3)CC2)cc1. The molecule has 0 saturated carbocycles. The Labute approximate surface area is 188 Å².